The van der Waals surface area contributed by atoms with Crippen LogP contribution >= 0.6 is 0 Å². The fraction of sp³-hybridized carbons (Fsp3) is 0.292. The summed E-state index contributed by atoms with van der Waals surface area (Å²) in [5, 5.41) is 5.32. The number of furan rings is 1. The highest BCUT2D eigenvalue weighted by atomic mass is 16.3. The Hall–Kier alpha value is -3.45. The Morgan fingerprint density at radius 2 is 1.90 bits per heavy atom. The van der Waals surface area contributed by atoms with Crippen molar-refractivity contribution in [2.75, 3.05) is 26.2 Å². The number of carbonyl (C=O) groups is 1. The molecule has 4 heterocycles. The van der Waals surface area contributed by atoms with Gasteiger partial charge in [-0.3, -0.25) is 14.4 Å². The van der Waals surface area contributed by atoms with E-state index in [1.807, 2.05) is 67.5 Å². The molecule has 0 unspecified atom stereocenters. The summed E-state index contributed by atoms with van der Waals surface area (Å²) in [6.07, 6.45) is 3.65. The highest BCUT2D eigenvalue weighted by molar-refractivity contribution is 6.07. The molecule has 3 aromatic heterocycles. The van der Waals surface area contributed by atoms with Crippen molar-refractivity contribution in [1.82, 2.24) is 24.6 Å². The second-order valence-corrected chi connectivity index (χ2v) is 8.02. The summed E-state index contributed by atoms with van der Waals surface area (Å²) in [5.74, 6) is 1.01. The van der Waals surface area contributed by atoms with Crippen LogP contribution in [0.5, 0.6) is 0 Å². The number of piperazine rings is 1. The Bertz CT molecular complexity index is 1220. The van der Waals surface area contributed by atoms with E-state index in [9.17, 15) is 4.79 Å². The van der Waals surface area contributed by atoms with Gasteiger partial charge in [-0.2, -0.15) is 5.10 Å². The number of hydrogen-bond donors (Lipinski definition) is 0. The van der Waals surface area contributed by atoms with Crippen molar-refractivity contribution in [2.24, 2.45) is 7.05 Å². The lowest BCUT2D eigenvalue weighted by Crippen LogP contribution is -2.48. The third-order valence-corrected chi connectivity index (χ3v) is 5.86. The minimum atomic E-state index is 0.0547. The first-order valence-electron chi connectivity index (χ1n) is 10.5. The second kappa shape index (κ2) is 8.00. The summed E-state index contributed by atoms with van der Waals surface area (Å²) in [6.45, 7) is 5.77. The minimum Gasteiger partial charge on any atom is -0.468 e. The smallest absolute Gasteiger partial charge is 0.254 e. The standard InChI is InChI=1S/C24H25N5O2/c1-17-21(16-27(2)26-17)23-14-20(19-7-3-4-8-22(19)25-23)24(30)29-11-9-28(10-12-29)15-18-6-5-13-31-18/h3-8,13-14,16H,9-12,15H2,1-2H3. The van der Waals surface area contributed by atoms with Gasteiger partial charge in [0.1, 0.15) is 5.76 Å². The Morgan fingerprint density at radius 1 is 1.10 bits per heavy atom. The normalized spacial score (nSPS) is 15.0. The molecule has 0 N–H and O–H groups in total. The van der Waals surface area contributed by atoms with Crippen molar-refractivity contribution >= 4 is 16.8 Å². The molecular weight excluding hydrogens is 390 g/mol. The number of aromatic nitrogens is 3. The number of amides is 1. The number of benzene rings is 1. The molecule has 1 aliphatic rings. The molecule has 0 saturated carbocycles. The lowest BCUT2D eigenvalue weighted by molar-refractivity contribution is 0.0622. The zero-order chi connectivity index (χ0) is 21.4. The minimum absolute atomic E-state index is 0.0547. The lowest BCUT2D eigenvalue weighted by Gasteiger charge is -2.34. The van der Waals surface area contributed by atoms with Crippen LogP contribution in [-0.2, 0) is 13.6 Å². The molecule has 1 aromatic carbocycles. The summed E-state index contributed by atoms with van der Waals surface area (Å²) >= 11 is 0. The number of aryl methyl sites for hydroxylation is 2. The predicted octanol–water partition coefficient (Wildman–Crippen LogP) is 3.49. The van der Waals surface area contributed by atoms with E-state index in [2.05, 4.69) is 10.00 Å². The second-order valence-electron chi connectivity index (χ2n) is 8.02. The van der Waals surface area contributed by atoms with Crippen LogP contribution in [-0.4, -0.2) is 56.7 Å². The van der Waals surface area contributed by atoms with Crippen LogP contribution < -0.4 is 0 Å². The Labute approximate surface area is 180 Å². The number of fused-ring (bicyclic) bond motifs is 1. The largest absolute Gasteiger partial charge is 0.468 e. The fourth-order valence-electron chi connectivity index (χ4n) is 4.24. The van der Waals surface area contributed by atoms with Crippen LogP contribution in [0.1, 0.15) is 21.8 Å². The van der Waals surface area contributed by atoms with Crippen molar-refractivity contribution in [1.29, 1.82) is 0 Å². The Balaban J connectivity index is 1.42. The first-order valence-corrected chi connectivity index (χ1v) is 10.5. The highest BCUT2D eigenvalue weighted by Gasteiger charge is 2.25. The molecule has 4 aromatic rings. The van der Waals surface area contributed by atoms with Gasteiger partial charge < -0.3 is 9.32 Å². The van der Waals surface area contributed by atoms with Crippen molar-refractivity contribution in [3.63, 3.8) is 0 Å². The third kappa shape index (κ3) is 3.84. The molecule has 0 spiro atoms. The van der Waals surface area contributed by atoms with E-state index >= 15 is 0 Å². The van der Waals surface area contributed by atoms with Crippen molar-refractivity contribution < 1.29 is 9.21 Å². The predicted molar refractivity (Wildman–Crippen MR) is 119 cm³/mol. The first kappa shape index (κ1) is 19.5. The summed E-state index contributed by atoms with van der Waals surface area (Å²) in [5.41, 5.74) is 4.15. The fourth-order valence-corrected chi connectivity index (χ4v) is 4.24. The van der Waals surface area contributed by atoms with E-state index in [0.717, 1.165) is 53.2 Å². The number of carbonyl (C=O) groups excluding carboxylic acids is 1. The van der Waals surface area contributed by atoms with Crippen LogP contribution in [0.15, 0.2) is 59.3 Å². The zero-order valence-electron chi connectivity index (χ0n) is 17.8. The summed E-state index contributed by atoms with van der Waals surface area (Å²) in [6, 6.07) is 13.7. The van der Waals surface area contributed by atoms with E-state index in [1.165, 1.54) is 0 Å². The summed E-state index contributed by atoms with van der Waals surface area (Å²) in [7, 11) is 1.89. The molecule has 31 heavy (non-hydrogen) atoms. The molecule has 158 valence electrons. The molecule has 0 bridgehead atoms. The van der Waals surface area contributed by atoms with Crippen LogP contribution in [0.25, 0.3) is 22.2 Å². The van der Waals surface area contributed by atoms with Crippen LogP contribution in [0.4, 0.5) is 0 Å². The van der Waals surface area contributed by atoms with Crippen molar-refractivity contribution in [3.8, 4) is 11.3 Å². The molecule has 1 fully saturated rings. The Morgan fingerprint density at radius 3 is 2.61 bits per heavy atom. The maximum absolute atomic E-state index is 13.6. The molecule has 5 rings (SSSR count). The topological polar surface area (TPSA) is 67.4 Å². The summed E-state index contributed by atoms with van der Waals surface area (Å²) < 4.78 is 7.24. The monoisotopic (exact) mass is 415 g/mol. The van der Waals surface area contributed by atoms with Gasteiger partial charge >= 0.3 is 0 Å². The average Bonchev–Trinajstić information content (AvgIpc) is 3.42. The number of rotatable bonds is 4. The van der Waals surface area contributed by atoms with Crippen LogP contribution in [0.2, 0.25) is 0 Å². The molecule has 1 saturated heterocycles. The van der Waals surface area contributed by atoms with Gasteiger partial charge in [-0.25, -0.2) is 4.98 Å². The van der Waals surface area contributed by atoms with E-state index < -0.39 is 0 Å². The molecule has 0 aliphatic carbocycles. The number of hydrogen-bond acceptors (Lipinski definition) is 5. The SMILES string of the molecule is Cc1nn(C)cc1-c1cc(C(=O)N2CCN(Cc3ccco3)CC2)c2ccccc2n1. The molecule has 1 aliphatic heterocycles. The van der Waals surface area contributed by atoms with Gasteiger partial charge in [0, 0.05) is 50.4 Å². The molecular formula is C24H25N5O2. The molecule has 7 nitrogen and oxygen atoms in total. The average molecular weight is 415 g/mol. The van der Waals surface area contributed by atoms with Gasteiger partial charge in [-0.15, -0.1) is 0 Å². The third-order valence-electron chi connectivity index (χ3n) is 5.86. The quantitative estimate of drug-likeness (QED) is 0.510. The molecule has 0 radical (unpaired) electrons. The molecule has 1 amide bonds. The van der Waals surface area contributed by atoms with E-state index in [0.29, 0.717) is 18.7 Å². The van der Waals surface area contributed by atoms with Gasteiger partial charge in [0.15, 0.2) is 0 Å². The van der Waals surface area contributed by atoms with Gasteiger partial charge in [0.25, 0.3) is 5.91 Å². The van der Waals surface area contributed by atoms with Gasteiger partial charge in [0.05, 0.1) is 35.3 Å². The van der Waals surface area contributed by atoms with Gasteiger partial charge in [-0.1, -0.05) is 18.2 Å². The highest BCUT2D eigenvalue weighted by Crippen LogP contribution is 2.27. The van der Waals surface area contributed by atoms with E-state index in [-0.39, 0.29) is 5.91 Å². The molecule has 0 atom stereocenters. The van der Waals surface area contributed by atoms with E-state index in [1.54, 1.807) is 10.9 Å². The van der Waals surface area contributed by atoms with Crippen molar-refractivity contribution in [2.45, 2.75) is 13.5 Å². The van der Waals surface area contributed by atoms with Crippen molar-refractivity contribution in [3.05, 3.63) is 71.9 Å². The molecule has 7 heteroatoms. The first-order chi connectivity index (χ1) is 15.1. The summed E-state index contributed by atoms with van der Waals surface area (Å²) in [4.78, 5) is 22.6. The van der Waals surface area contributed by atoms with Crippen LogP contribution in [0.3, 0.4) is 0 Å². The maximum atomic E-state index is 13.6. The van der Waals surface area contributed by atoms with Gasteiger partial charge in [-0.05, 0) is 31.2 Å². The van der Waals surface area contributed by atoms with E-state index in [4.69, 9.17) is 9.40 Å². The maximum Gasteiger partial charge on any atom is 0.254 e. The number of para-hydroxylation sites is 1. The number of nitrogens with zero attached hydrogens (tertiary/aromatic N) is 5. The Kier molecular flexibility index (Phi) is 5.03. The zero-order valence-corrected chi connectivity index (χ0v) is 17.8. The lowest BCUT2D eigenvalue weighted by atomic mass is 10.0. The number of pyridine rings is 1. The van der Waals surface area contributed by atoms with Crippen LogP contribution in [0, 0.1) is 6.92 Å². The van der Waals surface area contributed by atoms with Gasteiger partial charge in [0.2, 0.25) is 0 Å².